The first-order valence-electron chi connectivity index (χ1n) is 15.3. The fourth-order valence-corrected chi connectivity index (χ4v) is 3.98. The Morgan fingerprint density at radius 1 is 0.378 bits per heavy atom. The van der Waals surface area contributed by atoms with E-state index in [0.29, 0.717) is 59.5 Å². The molecule has 0 saturated carbocycles. The van der Waals surface area contributed by atoms with Crippen molar-refractivity contribution >= 4 is 5.97 Å². The van der Waals surface area contributed by atoms with E-state index in [2.05, 4.69) is 6.92 Å². The lowest BCUT2D eigenvalue weighted by Crippen LogP contribution is -2.14. The van der Waals surface area contributed by atoms with Gasteiger partial charge in [0.15, 0.2) is 0 Å². The number of ether oxygens (including phenoxy) is 6. The summed E-state index contributed by atoms with van der Waals surface area (Å²) in [4.78, 5) is 10.6. The highest BCUT2D eigenvalue weighted by Crippen LogP contribution is 2.13. The molecule has 0 aromatic carbocycles. The van der Waals surface area contributed by atoms with Gasteiger partial charge in [-0.3, -0.25) is 4.79 Å². The van der Waals surface area contributed by atoms with Crippen molar-refractivity contribution in [2.24, 2.45) is 0 Å². The molecule has 0 aromatic heterocycles. The molecule has 0 atom stereocenters. The first kappa shape index (κ1) is 36.3. The van der Waals surface area contributed by atoms with E-state index >= 15 is 0 Å². The summed E-state index contributed by atoms with van der Waals surface area (Å²) in [6, 6.07) is 0. The fraction of sp³-hybridized carbons (Fsp3) is 0.967. The molecule has 0 rings (SSSR count). The Labute approximate surface area is 228 Å². The molecule has 0 aliphatic carbocycles. The molecule has 0 unspecified atom stereocenters. The fourth-order valence-electron chi connectivity index (χ4n) is 3.98. The topological polar surface area (TPSA) is 72.5 Å². The SMILES string of the molecule is CCCCCCCCCCCCCCCCCCOCCOCCOCCOCCOCCOC(C)=O. The third-order valence-corrected chi connectivity index (χ3v) is 6.16. The number of carbonyl (C=O) groups excluding carboxylic acids is 1. The van der Waals surface area contributed by atoms with Gasteiger partial charge in [0.25, 0.3) is 0 Å². The van der Waals surface area contributed by atoms with Crippen molar-refractivity contribution in [2.75, 3.05) is 72.7 Å². The molecule has 0 bridgehead atoms. The summed E-state index contributed by atoms with van der Waals surface area (Å²) in [5.41, 5.74) is 0. The summed E-state index contributed by atoms with van der Waals surface area (Å²) in [5, 5.41) is 0. The average Bonchev–Trinajstić information content (AvgIpc) is 2.89. The highest BCUT2D eigenvalue weighted by atomic mass is 16.6. The Kier molecular flexibility index (Phi) is 32.6. The Morgan fingerprint density at radius 2 is 0.649 bits per heavy atom. The van der Waals surface area contributed by atoms with Crippen LogP contribution in [-0.4, -0.2) is 78.6 Å². The number of hydrogen-bond acceptors (Lipinski definition) is 7. The Hall–Kier alpha value is -0.730. The molecule has 7 nitrogen and oxygen atoms in total. The summed E-state index contributed by atoms with van der Waals surface area (Å²) in [5.74, 6) is -0.293. The van der Waals surface area contributed by atoms with Crippen molar-refractivity contribution in [1.29, 1.82) is 0 Å². The van der Waals surface area contributed by atoms with Crippen LogP contribution in [0.1, 0.15) is 117 Å². The molecule has 0 N–H and O–H groups in total. The van der Waals surface area contributed by atoms with Crippen LogP contribution in [0.15, 0.2) is 0 Å². The molecular formula is C30H60O7. The smallest absolute Gasteiger partial charge is 0.302 e. The normalized spacial score (nSPS) is 11.3. The maximum atomic E-state index is 10.6. The lowest BCUT2D eigenvalue weighted by molar-refractivity contribution is -0.142. The second-order valence-electron chi connectivity index (χ2n) is 9.71. The summed E-state index contributed by atoms with van der Waals surface area (Å²) < 4.78 is 32.1. The molecule has 0 spiro atoms. The molecule has 222 valence electrons. The van der Waals surface area contributed by atoms with Gasteiger partial charge in [0.2, 0.25) is 0 Å². The quantitative estimate of drug-likeness (QED) is 0.0689. The Balaban J connectivity index is 3.02. The van der Waals surface area contributed by atoms with E-state index < -0.39 is 0 Å². The third-order valence-electron chi connectivity index (χ3n) is 6.16. The van der Waals surface area contributed by atoms with Gasteiger partial charge in [-0.1, -0.05) is 103 Å². The zero-order valence-corrected chi connectivity index (χ0v) is 24.4. The second kappa shape index (κ2) is 33.3. The summed E-state index contributed by atoms with van der Waals surface area (Å²) in [6.07, 6.45) is 22.2. The second-order valence-corrected chi connectivity index (χ2v) is 9.71. The third kappa shape index (κ3) is 35.3. The van der Waals surface area contributed by atoms with Gasteiger partial charge in [0, 0.05) is 13.5 Å². The van der Waals surface area contributed by atoms with E-state index in [-0.39, 0.29) is 12.6 Å². The predicted molar refractivity (Wildman–Crippen MR) is 150 cm³/mol. The monoisotopic (exact) mass is 532 g/mol. The van der Waals surface area contributed by atoms with Crippen LogP contribution in [0.2, 0.25) is 0 Å². The van der Waals surface area contributed by atoms with E-state index in [0.717, 1.165) is 13.0 Å². The summed E-state index contributed by atoms with van der Waals surface area (Å²) in [7, 11) is 0. The molecule has 7 heteroatoms. The number of unbranched alkanes of at least 4 members (excludes halogenated alkanes) is 15. The van der Waals surface area contributed by atoms with Crippen molar-refractivity contribution in [3.05, 3.63) is 0 Å². The van der Waals surface area contributed by atoms with E-state index in [1.807, 2.05) is 0 Å². The molecule has 0 aromatic rings. The number of carbonyl (C=O) groups is 1. The minimum Gasteiger partial charge on any atom is -0.463 e. The molecule has 0 heterocycles. The minimum atomic E-state index is -0.293. The maximum absolute atomic E-state index is 10.6. The first-order valence-corrected chi connectivity index (χ1v) is 15.3. The van der Waals surface area contributed by atoms with Gasteiger partial charge >= 0.3 is 5.97 Å². The Bertz CT molecular complexity index is 434. The highest BCUT2D eigenvalue weighted by molar-refractivity contribution is 5.65. The number of rotatable bonds is 32. The molecule has 0 amide bonds. The molecule has 0 aliphatic heterocycles. The average molecular weight is 533 g/mol. The van der Waals surface area contributed by atoms with Gasteiger partial charge in [-0.25, -0.2) is 0 Å². The largest absolute Gasteiger partial charge is 0.463 e. The molecule has 0 aliphatic rings. The number of esters is 1. The van der Waals surface area contributed by atoms with Gasteiger partial charge in [-0.15, -0.1) is 0 Å². The van der Waals surface area contributed by atoms with Crippen molar-refractivity contribution in [1.82, 2.24) is 0 Å². The van der Waals surface area contributed by atoms with Gasteiger partial charge in [0.1, 0.15) is 6.61 Å². The van der Waals surface area contributed by atoms with Crippen molar-refractivity contribution in [3.8, 4) is 0 Å². The molecule has 0 radical (unpaired) electrons. The molecule has 37 heavy (non-hydrogen) atoms. The summed E-state index contributed by atoms with van der Waals surface area (Å²) in [6.45, 7) is 9.60. The van der Waals surface area contributed by atoms with Crippen molar-refractivity contribution < 1.29 is 33.2 Å². The zero-order chi connectivity index (χ0) is 26.9. The van der Waals surface area contributed by atoms with Crippen molar-refractivity contribution in [3.63, 3.8) is 0 Å². The van der Waals surface area contributed by atoms with Gasteiger partial charge < -0.3 is 28.4 Å². The maximum Gasteiger partial charge on any atom is 0.302 e. The van der Waals surface area contributed by atoms with Crippen LogP contribution >= 0.6 is 0 Å². The first-order chi connectivity index (χ1) is 18.3. The number of hydrogen-bond donors (Lipinski definition) is 0. The van der Waals surface area contributed by atoms with Crippen LogP contribution in [0.4, 0.5) is 0 Å². The predicted octanol–water partition coefficient (Wildman–Crippen LogP) is 6.89. The lowest BCUT2D eigenvalue weighted by Gasteiger charge is -2.08. The van der Waals surface area contributed by atoms with E-state index in [1.54, 1.807) is 0 Å². The zero-order valence-electron chi connectivity index (χ0n) is 24.4. The van der Waals surface area contributed by atoms with E-state index in [1.165, 1.54) is 103 Å². The van der Waals surface area contributed by atoms with E-state index in [9.17, 15) is 4.79 Å². The molecule has 0 fully saturated rings. The minimum absolute atomic E-state index is 0.281. The van der Waals surface area contributed by atoms with Gasteiger partial charge in [0.05, 0.1) is 59.5 Å². The van der Waals surface area contributed by atoms with Crippen LogP contribution < -0.4 is 0 Å². The van der Waals surface area contributed by atoms with E-state index in [4.69, 9.17) is 28.4 Å². The Morgan fingerprint density at radius 3 is 0.973 bits per heavy atom. The molecule has 0 saturated heterocycles. The van der Waals surface area contributed by atoms with Crippen LogP contribution in [0, 0.1) is 0 Å². The van der Waals surface area contributed by atoms with Crippen LogP contribution in [0.25, 0.3) is 0 Å². The lowest BCUT2D eigenvalue weighted by atomic mass is 10.0. The van der Waals surface area contributed by atoms with Gasteiger partial charge in [-0.05, 0) is 6.42 Å². The van der Waals surface area contributed by atoms with Crippen LogP contribution in [0.3, 0.4) is 0 Å². The summed E-state index contributed by atoms with van der Waals surface area (Å²) >= 11 is 0. The van der Waals surface area contributed by atoms with Crippen LogP contribution in [-0.2, 0) is 33.2 Å². The van der Waals surface area contributed by atoms with Crippen LogP contribution in [0.5, 0.6) is 0 Å². The molecular weight excluding hydrogens is 472 g/mol. The highest BCUT2D eigenvalue weighted by Gasteiger charge is 1.97. The van der Waals surface area contributed by atoms with Gasteiger partial charge in [-0.2, -0.15) is 0 Å². The standard InChI is InChI=1S/C30H60O7/c1-3-4-5-6-7-8-9-10-11-12-13-14-15-16-17-18-19-32-20-21-33-22-23-34-24-25-35-26-27-36-28-29-37-30(2)31/h3-29H2,1-2H3. The van der Waals surface area contributed by atoms with Crippen molar-refractivity contribution in [2.45, 2.75) is 117 Å².